The Hall–Kier alpha value is -2.25. The largest absolute Gasteiger partial charge is 0.474 e. The molecule has 5 nitrogen and oxygen atoms in total. The second kappa shape index (κ2) is 7.64. The Morgan fingerprint density at radius 2 is 2.00 bits per heavy atom. The zero-order valence-electron chi connectivity index (χ0n) is 15.4. The number of nitrogens with one attached hydrogen (secondary N) is 1. The summed E-state index contributed by atoms with van der Waals surface area (Å²) in [6.07, 6.45) is 4.89. The van der Waals surface area contributed by atoms with E-state index in [9.17, 15) is 4.39 Å². The molecule has 2 aliphatic rings. The first-order valence-corrected chi connectivity index (χ1v) is 10.6. The Morgan fingerprint density at radius 1 is 1.18 bits per heavy atom. The Morgan fingerprint density at radius 3 is 2.82 bits per heavy atom. The fraction of sp³-hybridized carbons (Fsp3) is 0.429. The second-order valence-corrected chi connectivity index (χ2v) is 8.50. The number of rotatable bonds is 5. The zero-order chi connectivity index (χ0) is 18.9. The molecule has 5 rings (SSSR count). The molecular weight excluding hydrogens is 377 g/mol. The van der Waals surface area contributed by atoms with Crippen LogP contribution in [0.5, 0.6) is 5.88 Å². The molecule has 2 fully saturated rings. The Labute approximate surface area is 166 Å². The predicted octanol–water partition coefficient (Wildman–Crippen LogP) is 4.75. The average Bonchev–Trinajstić information content (AvgIpc) is 3.10. The van der Waals surface area contributed by atoms with Crippen molar-refractivity contribution in [2.45, 2.75) is 43.7 Å². The van der Waals surface area contributed by atoms with Crippen molar-refractivity contribution in [1.29, 1.82) is 0 Å². The summed E-state index contributed by atoms with van der Waals surface area (Å²) in [5.41, 5.74) is 1.91. The van der Waals surface area contributed by atoms with Crippen LogP contribution in [0.1, 0.15) is 37.2 Å². The Balaban J connectivity index is 1.21. The summed E-state index contributed by atoms with van der Waals surface area (Å²) in [6, 6.07) is 10.1. The summed E-state index contributed by atoms with van der Waals surface area (Å²) in [4.78, 5) is 8.87. The number of ether oxygens (including phenoxy) is 2. The van der Waals surface area contributed by atoms with Gasteiger partial charge >= 0.3 is 0 Å². The predicted molar refractivity (Wildman–Crippen MR) is 108 cm³/mol. The maximum absolute atomic E-state index is 13.8. The maximum Gasteiger partial charge on any atom is 0.217 e. The number of hydrogen-bond acceptors (Lipinski definition) is 6. The number of benzene rings is 1. The molecule has 2 aromatic heterocycles. The molecule has 0 unspecified atom stereocenters. The van der Waals surface area contributed by atoms with E-state index in [1.165, 1.54) is 10.9 Å². The van der Waals surface area contributed by atoms with E-state index in [1.807, 2.05) is 18.2 Å². The molecule has 3 aromatic rings. The van der Waals surface area contributed by atoms with E-state index >= 15 is 0 Å². The Kier molecular flexibility index (Phi) is 4.86. The fourth-order valence-electron chi connectivity index (χ4n) is 3.89. The number of thiazole rings is 1. The van der Waals surface area contributed by atoms with Gasteiger partial charge in [-0.15, -0.1) is 0 Å². The molecule has 0 spiro atoms. The van der Waals surface area contributed by atoms with Crippen LogP contribution < -0.4 is 10.1 Å². The maximum atomic E-state index is 13.8. The fourth-order valence-corrected chi connectivity index (χ4v) is 4.83. The number of aromatic nitrogens is 2. The van der Waals surface area contributed by atoms with E-state index in [0.29, 0.717) is 25.1 Å². The van der Waals surface area contributed by atoms with E-state index < -0.39 is 0 Å². The molecule has 1 saturated heterocycles. The standard InChI is InChI=1S/C21H22FN3O2S/c22-14-9-17(13-5-7-26-8-6-13)20(23-12-14)27-16-10-15(11-16)24-21-25-18-3-1-2-4-19(18)28-21/h1-4,9,12-13,15-16H,5-8,10-11H2,(H,24,25)/t15-,16+. The van der Waals surface area contributed by atoms with Crippen molar-refractivity contribution in [3.05, 3.63) is 47.9 Å². The van der Waals surface area contributed by atoms with Crippen LogP contribution in [0.2, 0.25) is 0 Å². The first-order valence-electron chi connectivity index (χ1n) is 9.76. The molecule has 1 aliphatic carbocycles. The highest BCUT2D eigenvalue weighted by Crippen LogP contribution is 2.36. The summed E-state index contributed by atoms with van der Waals surface area (Å²) in [6.45, 7) is 1.41. The van der Waals surface area contributed by atoms with Gasteiger partial charge in [0.05, 0.1) is 16.4 Å². The van der Waals surface area contributed by atoms with Crippen LogP contribution in [-0.4, -0.2) is 35.3 Å². The highest BCUT2D eigenvalue weighted by molar-refractivity contribution is 7.22. The summed E-state index contributed by atoms with van der Waals surface area (Å²) in [7, 11) is 0. The summed E-state index contributed by atoms with van der Waals surface area (Å²) >= 11 is 1.67. The van der Waals surface area contributed by atoms with Gasteiger partial charge < -0.3 is 14.8 Å². The van der Waals surface area contributed by atoms with Crippen molar-refractivity contribution in [3.8, 4) is 5.88 Å². The zero-order valence-corrected chi connectivity index (χ0v) is 16.3. The van der Waals surface area contributed by atoms with Gasteiger partial charge in [-0.25, -0.2) is 14.4 Å². The average molecular weight is 399 g/mol. The normalized spacial score (nSPS) is 22.8. The third-order valence-corrected chi connectivity index (χ3v) is 6.47. The van der Waals surface area contributed by atoms with Gasteiger partial charge in [-0.2, -0.15) is 0 Å². The van der Waals surface area contributed by atoms with Gasteiger partial charge in [0, 0.05) is 37.7 Å². The van der Waals surface area contributed by atoms with Gasteiger partial charge in [0.25, 0.3) is 0 Å². The first kappa shape index (κ1) is 17.8. The highest BCUT2D eigenvalue weighted by Gasteiger charge is 2.33. The second-order valence-electron chi connectivity index (χ2n) is 7.47. The SMILES string of the molecule is Fc1cnc(O[C@H]2C[C@@H](Nc3nc4ccccc4s3)C2)c(C2CCOCC2)c1. The minimum atomic E-state index is -0.308. The molecule has 1 N–H and O–H groups in total. The molecule has 146 valence electrons. The van der Waals surface area contributed by atoms with E-state index in [4.69, 9.17) is 9.47 Å². The van der Waals surface area contributed by atoms with Crippen molar-refractivity contribution < 1.29 is 13.9 Å². The van der Waals surface area contributed by atoms with Gasteiger partial charge in [-0.1, -0.05) is 23.5 Å². The number of hydrogen-bond donors (Lipinski definition) is 1. The lowest BCUT2D eigenvalue weighted by Gasteiger charge is -2.36. The van der Waals surface area contributed by atoms with Crippen LogP contribution in [0, 0.1) is 5.82 Å². The minimum absolute atomic E-state index is 0.100. The van der Waals surface area contributed by atoms with E-state index in [2.05, 4.69) is 21.4 Å². The third-order valence-electron chi connectivity index (χ3n) is 5.50. The highest BCUT2D eigenvalue weighted by atomic mass is 32.1. The minimum Gasteiger partial charge on any atom is -0.474 e. The molecule has 0 atom stereocenters. The van der Waals surface area contributed by atoms with Crippen LogP contribution in [0.15, 0.2) is 36.5 Å². The van der Waals surface area contributed by atoms with Crippen molar-refractivity contribution in [2.75, 3.05) is 18.5 Å². The number of anilines is 1. The topological polar surface area (TPSA) is 56.3 Å². The summed E-state index contributed by atoms with van der Waals surface area (Å²) < 4.78 is 26.5. The molecule has 1 aromatic carbocycles. The Bertz CT molecular complexity index is 934. The van der Waals surface area contributed by atoms with Crippen LogP contribution >= 0.6 is 11.3 Å². The summed E-state index contributed by atoms with van der Waals surface area (Å²) in [5.74, 6) is 0.526. The molecule has 0 radical (unpaired) electrons. The lowest BCUT2D eigenvalue weighted by atomic mass is 9.89. The monoisotopic (exact) mass is 399 g/mol. The number of nitrogens with zero attached hydrogens (tertiary/aromatic N) is 2. The number of halogens is 1. The van der Waals surface area contributed by atoms with Crippen LogP contribution in [0.4, 0.5) is 9.52 Å². The van der Waals surface area contributed by atoms with E-state index in [0.717, 1.165) is 41.9 Å². The number of fused-ring (bicyclic) bond motifs is 1. The van der Waals surface area contributed by atoms with Crippen LogP contribution in [0.3, 0.4) is 0 Å². The van der Waals surface area contributed by atoms with Gasteiger partial charge in [0.2, 0.25) is 5.88 Å². The number of pyridine rings is 1. The van der Waals surface area contributed by atoms with Crippen molar-refractivity contribution in [2.24, 2.45) is 0 Å². The molecule has 28 heavy (non-hydrogen) atoms. The molecular formula is C21H22FN3O2S. The lowest BCUT2D eigenvalue weighted by Crippen LogP contribution is -2.42. The van der Waals surface area contributed by atoms with Gasteiger partial charge in [-0.05, 0) is 37.0 Å². The van der Waals surface area contributed by atoms with Crippen LogP contribution in [0.25, 0.3) is 10.2 Å². The van der Waals surface area contributed by atoms with Crippen LogP contribution in [-0.2, 0) is 4.74 Å². The number of para-hydroxylation sites is 1. The molecule has 1 saturated carbocycles. The quantitative estimate of drug-likeness (QED) is 0.671. The third kappa shape index (κ3) is 3.69. The first-order chi connectivity index (χ1) is 13.7. The van der Waals surface area contributed by atoms with Crippen molar-refractivity contribution >= 4 is 26.7 Å². The van der Waals surface area contributed by atoms with E-state index in [-0.39, 0.29) is 17.8 Å². The van der Waals surface area contributed by atoms with Gasteiger partial charge in [0.15, 0.2) is 5.13 Å². The molecule has 0 amide bonds. The lowest BCUT2D eigenvalue weighted by molar-refractivity contribution is 0.0792. The molecule has 1 aliphatic heterocycles. The van der Waals surface area contributed by atoms with Crippen molar-refractivity contribution in [1.82, 2.24) is 9.97 Å². The molecule has 3 heterocycles. The molecule has 7 heteroatoms. The smallest absolute Gasteiger partial charge is 0.217 e. The molecule has 0 bridgehead atoms. The van der Waals surface area contributed by atoms with Gasteiger partial charge in [0.1, 0.15) is 11.9 Å². The van der Waals surface area contributed by atoms with E-state index in [1.54, 1.807) is 17.4 Å². The van der Waals surface area contributed by atoms with Gasteiger partial charge in [-0.3, -0.25) is 0 Å². The van der Waals surface area contributed by atoms with Crippen molar-refractivity contribution in [3.63, 3.8) is 0 Å². The summed E-state index contributed by atoms with van der Waals surface area (Å²) in [5, 5.41) is 4.45.